The number of carbonyl (C=O) groups excluding carboxylic acids is 1. The second kappa shape index (κ2) is 7.90. The summed E-state index contributed by atoms with van der Waals surface area (Å²) in [5.41, 5.74) is 2.54. The van der Waals surface area contributed by atoms with Crippen molar-refractivity contribution in [3.63, 3.8) is 0 Å². The number of benzene rings is 2. The molecule has 3 aromatic rings. The SMILES string of the molecule is CN(Cc1ccccc1)c1ncc(C(=O)Nc2cccc(C#N)c2)cn1. The molecule has 1 amide bonds. The largest absolute Gasteiger partial charge is 0.340 e. The minimum atomic E-state index is -0.322. The van der Waals surface area contributed by atoms with Gasteiger partial charge in [-0.25, -0.2) is 9.97 Å². The number of nitrogens with one attached hydrogen (secondary N) is 1. The molecule has 0 unspecified atom stereocenters. The van der Waals surface area contributed by atoms with Crippen LogP contribution in [0.3, 0.4) is 0 Å². The third-order valence-electron chi connectivity index (χ3n) is 3.75. The second-order valence-electron chi connectivity index (χ2n) is 5.76. The fourth-order valence-corrected chi connectivity index (χ4v) is 2.43. The van der Waals surface area contributed by atoms with E-state index in [1.165, 1.54) is 12.4 Å². The molecule has 128 valence electrons. The molecule has 0 spiro atoms. The van der Waals surface area contributed by atoms with Gasteiger partial charge in [0.15, 0.2) is 0 Å². The van der Waals surface area contributed by atoms with E-state index in [9.17, 15) is 4.79 Å². The number of hydrogen-bond acceptors (Lipinski definition) is 5. The van der Waals surface area contributed by atoms with Crippen LogP contribution >= 0.6 is 0 Å². The Hall–Kier alpha value is -3.72. The summed E-state index contributed by atoms with van der Waals surface area (Å²) in [4.78, 5) is 22.8. The molecule has 0 aliphatic heterocycles. The van der Waals surface area contributed by atoms with E-state index in [0.29, 0.717) is 29.3 Å². The number of nitrogens with zero attached hydrogens (tertiary/aromatic N) is 4. The first-order valence-electron chi connectivity index (χ1n) is 8.04. The first kappa shape index (κ1) is 17.1. The zero-order valence-corrected chi connectivity index (χ0v) is 14.3. The normalized spacial score (nSPS) is 10.0. The summed E-state index contributed by atoms with van der Waals surface area (Å²) in [6.45, 7) is 0.674. The Balaban J connectivity index is 1.66. The molecule has 0 aliphatic carbocycles. The number of amides is 1. The van der Waals surface area contributed by atoms with Crippen LogP contribution in [0.5, 0.6) is 0 Å². The lowest BCUT2D eigenvalue weighted by molar-refractivity contribution is 0.102. The maximum atomic E-state index is 12.3. The van der Waals surface area contributed by atoms with Gasteiger partial charge in [0.05, 0.1) is 17.2 Å². The Morgan fingerprint density at radius 1 is 1.12 bits per heavy atom. The number of anilines is 2. The number of rotatable bonds is 5. The average molecular weight is 343 g/mol. The van der Waals surface area contributed by atoms with E-state index in [-0.39, 0.29) is 5.91 Å². The smallest absolute Gasteiger partial charge is 0.258 e. The van der Waals surface area contributed by atoms with Crippen LogP contribution in [0, 0.1) is 11.3 Å². The molecule has 1 N–H and O–H groups in total. The molecule has 2 aromatic carbocycles. The molecule has 0 atom stereocenters. The van der Waals surface area contributed by atoms with Gasteiger partial charge >= 0.3 is 0 Å². The van der Waals surface area contributed by atoms with Crippen molar-refractivity contribution in [1.82, 2.24) is 9.97 Å². The Morgan fingerprint density at radius 2 is 1.85 bits per heavy atom. The summed E-state index contributed by atoms with van der Waals surface area (Å²) >= 11 is 0. The summed E-state index contributed by atoms with van der Waals surface area (Å²) in [5.74, 6) is 0.217. The standard InChI is InChI=1S/C20H17N5O/c1-25(14-15-6-3-2-4-7-15)20-22-12-17(13-23-20)19(26)24-18-9-5-8-16(10-18)11-21/h2-10,12-13H,14H2,1H3,(H,24,26). The van der Waals surface area contributed by atoms with Crippen LogP contribution < -0.4 is 10.2 Å². The third-order valence-corrected chi connectivity index (χ3v) is 3.75. The highest BCUT2D eigenvalue weighted by Gasteiger charge is 2.10. The van der Waals surface area contributed by atoms with Gasteiger partial charge in [-0.05, 0) is 23.8 Å². The van der Waals surface area contributed by atoms with Gasteiger partial charge in [0, 0.05) is 31.7 Å². The molecular weight excluding hydrogens is 326 g/mol. The quantitative estimate of drug-likeness (QED) is 0.769. The van der Waals surface area contributed by atoms with Crippen molar-refractivity contribution in [3.8, 4) is 6.07 Å². The zero-order valence-electron chi connectivity index (χ0n) is 14.3. The molecule has 1 heterocycles. The van der Waals surface area contributed by atoms with Gasteiger partial charge in [-0.1, -0.05) is 36.4 Å². The molecule has 0 bridgehead atoms. The number of aromatic nitrogens is 2. The fraction of sp³-hybridized carbons (Fsp3) is 0.100. The second-order valence-corrected chi connectivity index (χ2v) is 5.76. The molecule has 0 saturated carbocycles. The lowest BCUT2D eigenvalue weighted by atomic mass is 10.2. The zero-order chi connectivity index (χ0) is 18.4. The Kier molecular flexibility index (Phi) is 5.20. The predicted octanol–water partition coefficient (Wildman–Crippen LogP) is 3.24. The van der Waals surface area contributed by atoms with Gasteiger partial charge in [0.25, 0.3) is 5.91 Å². The fourth-order valence-electron chi connectivity index (χ4n) is 2.43. The van der Waals surface area contributed by atoms with Crippen LogP contribution in [-0.4, -0.2) is 22.9 Å². The van der Waals surface area contributed by atoms with Gasteiger partial charge in [-0.15, -0.1) is 0 Å². The van der Waals surface area contributed by atoms with Gasteiger partial charge in [-0.3, -0.25) is 4.79 Å². The molecule has 26 heavy (non-hydrogen) atoms. The molecule has 0 saturated heterocycles. The van der Waals surface area contributed by atoms with Crippen LogP contribution in [0.2, 0.25) is 0 Å². The van der Waals surface area contributed by atoms with Crippen LogP contribution in [0.1, 0.15) is 21.5 Å². The summed E-state index contributed by atoms with van der Waals surface area (Å²) in [7, 11) is 1.90. The Bertz CT molecular complexity index is 932. The maximum absolute atomic E-state index is 12.3. The van der Waals surface area contributed by atoms with Crippen molar-refractivity contribution in [1.29, 1.82) is 5.26 Å². The molecule has 6 heteroatoms. The van der Waals surface area contributed by atoms with E-state index in [4.69, 9.17) is 5.26 Å². The van der Waals surface area contributed by atoms with E-state index in [2.05, 4.69) is 15.3 Å². The highest BCUT2D eigenvalue weighted by Crippen LogP contribution is 2.13. The maximum Gasteiger partial charge on any atom is 0.258 e. The van der Waals surface area contributed by atoms with Crippen LogP contribution in [-0.2, 0) is 6.54 Å². The average Bonchev–Trinajstić information content (AvgIpc) is 2.69. The molecule has 3 rings (SSSR count). The van der Waals surface area contributed by atoms with Crippen LogP contribution in [0.15, 0.2) is 67.0 Å². The monoisotopic (exact) mass is 343 g/mol. The molecular formula is C20H17N5O. The minimum Gasteiger partial charge on any atom is -0.340 e. The van der Waals surface area contributed by atoms with Gasteiger partial charge in [-0.2, -0.15) is 5.26 Å². The van der Waals surface area contributed by atoms with E-state index in [1.807, 2.05) is 48.3 Å². The summed E-state index contributed by atoms with van der Waals surface area (Å²) in [6, 6.07) is 18.8. The topological polar surface area (TPSA) is 81.9 Å². The Labute approximate surface area is 151 Å². The first-order chi connectivity index (χ1) is 12.7. The van der Waals surface area contributed by atoms with E-state index in [0.717, 1.165) is 5.56 Å². The minimum absolute atomic E-state index is 0.322. The van der Waals surface area contributed by atoms with E-state index < -0.39 is 0 Å². The third kappa shape index (κ3) is 4.22. The van der Waals surface area contributed by atoms with E-state index in [1.54, 1.807) is 24.3 Å². The lowest BCUT2D eigenvalue weighted by Gasteiger charge is -2.17. The van der Waals surface area contributed by atoms with Crippen molar-refractivity contribution in [3.05, 3.63) is 83.7 Å². The van der Waals surface area contributed by atoms with Gasteiger partial charge < -0.3 is 10.2 Å². The highest BCUT2D eigenvalue weighted by atomic mass is 16.1. The van der Waals surface area contributed by atoms with E-state index >= 15 is 0 Å². The highest BCUT2D eigenvalue weighted by molar-refractivity contribution is 6.03. The van der Waals surface area contributed by atoms with Gasteiger partial charge in [0.1, 0.15) is 0 Å². The Morgan fingerprint density at radius 3 is 2.54 bits per heavy atom. The van der Waals surface area contributed by atoms with Crippen LogP contribution in [0.25, 0.3) is 0 Å². The predicted molar refractivity (Wildman–Crippen MR) is 99.7 cm³/mol. The molecule has 6 nitrogen and oxygen atoms in total. The summed E-state index contributed by atoms with van der Waals surface area (Å²) < 4.78 is 0. The van der Waals surface area contributed by atoms with Crippen molar-refractivity contribution < 1.29 is 4.79 Å². The van der Waals surface area contributed by atoms with Crippen molar-refractivity contribution in [2.75, 3.05) is 17.3 Å². The van der Waals surface area contributed by atoms with Crippen molar-refractivity contribution >= 4 is 17.5 Å². The summed E-state index contributed by atoms with van der Waals surface area (Å²) in [5, 5.41) is 11.7. The number of nitriles is 1. The molecule has 0 radical (unpaired) electrons. The molecule has 0 aliphatic rings. The molecule has 1 aromatic heterocycles. The lowest BCUT2D eigenvalue weighted by Crippen LogP contribution is -2.20. The molecule has 0 fully saturated rings. The van der Waals surface area contributed by atoms with Crippen molar-refractivity contribution in [2.45, 2.75) is 6.54 Å². The number of hydrogen-bond donors (Lipinski definition) is 1. The van der Waals surface area contributed by atoms with Crippen molar-refractivity contribution in [2.24, 2.45) is 0 Å². The number of carbonyl (C=O) groups is 1. The first-order valence-corrected chi connectivity index (χ1v) is 8.04. The van der Waals surface area contributed by atoms with Gasteiger partial charge in [0.2, 0.25) is 5.95 Å². The van der Waals surface area contributed by atoms with Crippen LogP contribution in [0.4, 0.5) is 11.6 Å². The summed E-state index contributed by atoms with van der Waals surface area (Å²) in [6.07, 6.45) is 2.99.